The van der Waals surface area contributed by atoms with E-state index in [1.165, 1.54) is 0 Å². The number of aromatic hydroxyl groups is 1. The fourth-order valence-electron chi connectivity index (χ4n) is 4.10. The van der Waals surface area contributed by atoms with Crippen LogP contribution in [0.2, 0.25) is 0 Å². The summed E-state index contributed by atoms with van der Waals surface area (Å²) < 4.78 is 1.07. The summed E-state index contributed by atoms with van der Waals surface area (Å²) in [5, 5.41) is 11.1. The number of phenols is 1. The number of hydrogen-bond donors (Lipinski definition) is 1. The zero-order chi connectivity index (χ0) is 22.9. The Bertz CT molecular complexity index is 1630. The Labute approximate surface area is 222 Å². The van der Waals surface area contributed by atoms with Gasteiger partial charge in [0, 0.05) is 37.7 Å². The maximum atomic E-state index is 10.3. The molecule has 172 valence electrons. The van der Waals surface area contributed by atoms with Gasteiger partial charge in [0.1, 0.15) is 10.8 Å². The second kappa shape index (κ2) is 9.95. The van der Waals surface area contributed by atoms with Gasteiger partial charge in [-0.1, -0.05) is 71.8 Å². The quantitative estimate of drug-likeness (QED) is 0.198. The fraction of sp³-hybridized carbons (Fsp3) is 0. The average molecular weight is 651 g/mol. The van der Waals surface area contributed by atoms with Crippen LogP contribution in [-0.2, 0) is 21.1 Å². The number of para-hydroxylation sites is 2. The minimum atomic E-state index is 0. The van der Waals surface area contributed by atoms with Crippen molar-refractivity contribution in [2.75, 3.05) is 0 Å². The zero-order valence-electron chi connectivity index (χ0n) is 18.5. The van der Waals surface area contributed by atoms with Crippen molar-refractivity contribution in [3.63, 3.8) is 0 Å². The van der Waals surface area contributed by atoms with E-state index in [2.05, 4.69) is 47.4 Å². The van der Waals surface area contributed by atoms with E-state index >= 15 is 0 Å². The number of phenolic OH excluding ortho intramolecular Hbond substituents is 1. The Balaban J connectivity index is 0.00000253. The molecule has 4 aromatic carbocycles. The summed E-state index contributed by atoms with van der Waals surface area (Å²) in [7, 11) is 0. The van der Waals surface area contributed by atoms with E-state index in [0.717, 1.165) is 54.3 Å². The molecule has 0 aliphatic heterocycles. The third-order valence-electron chi connectivity index (χ3n) is 5.78. The van der Waals surface area contributed by atoms with Crippen molar-refractivity contribution in [1.82, 2.24) is 9.97 Å². The first-order valence-corrected chi connectivity index (χ1v) is 11.8. The molecule has 0 spiro atoms. The minimum absolute atomic E-state index is 0. The number of aromatic nitrogens is 2. The molecular formula is C30H19N2OPtS-. The number of pyridine rings is 1. The summed E-state index contributed by atoms with van der Waals surface area (Å²) in [4.78, 5) is 9.51. The van der Waals surface area contributed by atoms with Crippen LogP contribution in [0.5, 0.6) is 5.75 Å². The van der Waals surface area contributed by atoms with Gasteiger partial charge in [0.05, 0.1) is 11.1 Å². The molecule has 0 radical (unpaired) electrons. The maximum Gasteiger partial charge on any atom is 0.127 e. The summed E-state index contributed by atoms with van der Waals surface area (Å²) in [6.45, 7) is 0. The van der Waals surface area contributed by atoms with Crippen LogP contribution >= 0.6 is 11.3 Å². The minimum Gasteiger partial charge on any atom is -0.507 e. The fourth-order valence-corrected chi connectivity index (χ4v) is 5.13. The van der Waals surface area contributed by atoms with Gasteiger partial charge in [-0.05, 0) is 35.4 Å². The summed E-state index contributed by atoms with van der Waals surface area (Å²) in [5.74, 6) is 0.237. The molecule has 0 fully saturated rings. The topological polar surface area (TPSA) is 46.0 Å². The molecule has 0 unspecified atom stereocenters. The number of fused-ring (bicyclic) bond motifs is 1. The summed E-state index contributed by atoms with van der Waals surface area (Å²) >= 11 is 1.58. The van der Waals surface area contributed by atoms with Gasteiger partial charge < -0.3 is 5.11 Å². The number of thiazole rings is 1. The predicted molar refractivity (Wildman–Crippen MR) is 140 cm³/mol. The molecule has 5 heteroatoms. The van der Waals surface area contributed by atoms with Gasteiger partial charge >= 0.3 is 0 Å². The van der Waals surface area contributed by atoms with E-state index in [9.17, 15) is 5.11 Å². The van der Waals surface area contributed by atoms with E-state index in [1.54, 1.807) is 17.4 Å². The third kappa shape index (κ3) is 4.55. The molecule has 1 N–H and O–H groups in total. The summed E-state index contributed by atoms with van der Waals surface area (Å²) in [6.07, 6.45) is 1.85. The summed E-state index contributed by atoms with van der Waals surface area (Å²) in [6, 6.07) is 37.6. The normalized spacial score (nSPS) is 10.7. The maximum absolute atomic E-state index is 10.3. The monoisotopic (exact) mass is 650 g/mol. The second-order valence-corrected chi connectivity index (χ2v) is 8.99. The molecule has 3 nitrogen and oxygen atoms in total. The first-order valence-electron chi connectivity index (χ1n) is 11.0. The van der Waals surface area contributed by atoms with Gasteiger partial charge in [-0.3, -0.25) is 4.98 Å². The van der Waals surface area contributed by atoms with E-state index in [0.29, 0.717) is 0 Å². The molecule has 6 rings (SSSR count). The number of nitrogens with zero attached hydrogens (tertiary/aromatic N) is 2. The Morgan fingerprint density at radius 3 is 2.29 bits per heavy atom. The molecular weight excluding hydrogens is 631 g/mol. The smallest absolute Gasteiger partial charge is 0.127 e. The van der Waals surface area contributed by atoms with Gasteiger partial charge in [-0.25, -0.2) is 4.98 Å². The van der Waals surface area contributed by atoms with E-state index < -0.39 is 0 Å². The van der Waals surface area contributed by atoms with Crippen LogP contribution in [0.4, 0.5) is 0 Å². The van der Waals surface area contributed by atoms with E-state index in [1.807, 2.05) is 66.9 Å². The van der Waals surface area contributed by atoms with Crippen LogP contribution in [0.15, 0.2) is 109 Å². The van der Waals surface area contributed by atoms with Gasteiger partial charge in [-0.15, -0.1) is 41.2 Å². The molecule has 0 aliphatic carbocycles. The first kappa shape index (κ1) is 23.2. The van der Waals surface area contributed by atoms with Gasteiger partial charge in [0.15, 0.2) is 0 Å². The molecule has 2 heterocycles. The first-order chi connectivity index (χ1) is 16.8. The number of hydrogen-bond acceptors (Lipinski definition) is 4. The molecule has 0 saturated carbocycles. The van der Waals surface area contributed by atoms with Crippen LogP contribution < -0.4 is 0 Å². The van der Waals surface area contributed by atoms with E-state index in [-0.39, 0.29) is 26.8 Å². The van der Waals surface area contributed by atoms with Crippen molar-refractivity contribution < 1.29 is 26.2 Å². The van der Waals surface area contributed by atoms with Crippen LogP contribution in [0.25, 0.3) is 54.3 Å². The van der Waals surface area contributed by atoms with Crippen LogP contribution in [0.3, 0.4) is 0 Å². The molecule has 35 heavy (non-hydrogen) atoms. The molecule has 0 amide bonds. The Hall–Kier alpha value is -3.59. The van der Waals surface area contributed by atoms with Crippen molar-refractivity contribution in [1.29, 1.82) is 0 Å². The SMILES string of the molecule is Oc1ccccc1-c1nc2c(-c3[c-]c(-c4cc(-c5ccccc5)ccn4)ccc3)cccc2s1.[Pt]. The molecule has 6 aromatic rings. The van der Waals surface area contributed by atoms with E-state index in [4.69, 9.17) is 4.98 Å². The number of rotatable bonds is 4. The van der Waals surface area contributed by atoms with Gasteiger partial charge in [-0.2, -0.15) is 0 Å². The zero-order valence-corrected chi connectivity index (χ0v) is 21.5. The molecule has 0 atom stereocenters. The second-order valence-electron chi connectivity index (χ2n) is 7.96. The van der Waals surface area contributed by atoms with Gasteiger partial charge in [0.2, 0.25) is 0 Å². The molecule has 2 aromatic heterocycles. The average Bonchev–Trinajstić information content (AvgIpc) is 3.34. The number of benzene rings is 4. The molecule has 0 bridgehead atoms. The van der Waals surface area contributed by atoms with Crippen molar-refractivity contribution >= 4 is 21.6 Å². The third-order valence-corrected chi connectivity index (χ3v) is 6.84. The van der Waals surface area contributed by atoms with Crippen molar-refractivity contribution in [2.45, 2.75) is 0 Å². The molecule has 0 aliphatic rings. The predicted octanol–water partition coefficient (Wildman–Crippen LogP) is 7.86. The van der Waals surface area contributed by atoms with Crippen LogP contribution in [0, 0.1) is 6.07 Å². The summed E-state index contributed by atoms with van der Waals surface area (Å²) in [5.41, 5.74) is 7.72. The van der Waals surface area contributed by atoms with Gasteiger partial charge in [0.25, 0.3) is 0 Å². The Morgan fingerprint density at radius 1 is 0.686 bits per heavy atom. The van der Waals surface area contributed by atoms with Crippen molar-refractivity contribution in [3.05, 3.63) is 115 Å². The van der Waals surface area contributed by atoms with Crippen LogP contribution in [0.1, 0.15) is 0 Å². The Morgan fingerprint density at radius 2 is 1.43 bits per heavy atom. The van der Waals surface area contributed by atoms with Crippen molar-refractivity contribution in [3.8, 4) is 49.8 Å². The van der Waals surface area contributed by atoms with Crippen LogP contribution in [-0.4, -0.2) is 15.1 Å². The standard InChI is InChI=1S/C30H19N2OS.Pt/c33-27-14-5-4-12-25(27)30-32-29-24(13-7-15-28(29)34-30)22-10-6-11-23(18-22)26-19-21(16-17-31-26)20-8-2-1-3-9-20;/h1-17,19,33H;/q-1;. The van der Waals surface area contributed by atoms with Crippen molar-refractivity contribution in [2.24, 2.45) is 0 Å². The largest absolute Gasteiger partial charge is 0.507 e. The Kier molecular flexibility index (Phi) is 6.59. The molecule has 0 saturated heterocycles.